The highest BCUT2D eigenvalue weighted by atomic mass is 35.5. The minimum absolute atomic E-state index is 0.116. The molecule has 1 aliphatic carbocycles. The lowest BCUT2D eigenvalue weighted by molar-refractivity contribution is -0.137. The van der Waals surface area contributed by atoms with E-state index in [1.165, 1.54) is 18.9 Å². The number of nitrogens with one attached hydrogen (secondary N) is 1. The molecule has 0 radical (unpaired) electrons. The molecule has 0 saturated carbocycles. The Bertz CT molecular complexity index is 773. The molecule has 1 unspecified atom stereocenters. The molecule has 1 aliphatic rings. The number of anilines is 1. The molecule has 1 N–H and O–H groups in total. The first kappa shape index (κ1) is 17.3. The molecule has 0 spiro atoms. The molecule has 8 heteroatoms. The molecule has 1 aromatic carbocycles. The molecule has 0 saturated heterocycles. The third-order valence-corrected chi connectivity index (χ3v) is 5.51. The van der Waals surface area contributed by atoms with Gasteiger partial charge < -0.3 is 10.1 Å². The molecule has 2 aromatic rings. The van der Waals surface area contributed by atoms with Crippen molar-refractivity contribution in [2.45, 2.75) is 23.9 Å². The maximum atomic E-state index is 11.2. The molecule has 1 atom stereocenters. The normalized spacial score (nSPS) is 15.9. The lowest BCUT2D eigenvalue weighted by atomic mass is 10.1. The van der Waals surface area contributed by atoms with E-state index in [1.54, 1.807) is 12.4 Å². The number of halogens is 2. The zero-order valence-electron chi connectivity index (χ0n) is 12.9. The molecule has 0 aliphatic heterocycles. The van der Waals surface area contributed by atoms with Crippen molar-refractivity contribution in [1.29, 1.82) is 0 Å². The number of ether oxygens (including phenoxy) is 1. The SMILES string of the molecule is COC(=O)CSc1cncc(NC2CCc3c2ccc(Cl)c3Cl)n1. The van der Waals surface area contributed by atoms with Gasteiger partial charge in [-0.2, -0.15) is 0 Å². The van der Waals surface area contributed by atoms with Crippen molar-refractivity contribution in [3.8, 4) is 0 Å². The summed E-state index contributed by atoms with van der Waals surface area (Å²) in [6, 6.07) is 3.93. The molecular formula is C16H15Cl2N3O2S. The lowest BCUT2D eigenvalue weighted by Gasteiger charge is -2.15. The Hall–Kier alpha value is -1.50. The van der Waals surface area contributed by atoms with Crippen LogP contribution in [0.25, 0.3) is 0 Å². The van der Waals surface area contributed by atoms with Crippen LogP contribution in [0.3, 0.4) is 0 Å². The van der Waals surface area contributed by atoms with E-state index in [2.05, 4.69) is 20.0 Å². The van der Waals surface area contributed by atoms with Crippen molar-refractivity contribution in [3.63, 3.8) is 0 Å². The summed E-state index contributed by atoms with van der Waals surface area (Å²) >= 11 is 13.6. The number of esters is 1. The van der Waals surface area contributed by atoms with Gasteiger partial charge in [-0.25, -0.2) is 4.98 Å². The van der Waals surface area contributed by atoms with Crippen LogP contribution in [0.2, 0.25) is 10.0 Å². The smallest absolute Gasteiger partial charge is 0.316 e. The largest absolute Gasteiger partial charge is 0.468 e. The average molecular weight is 384 g/mol. The van der Waals surface area contributed by atoms with Crippen LogP contribution in [0.4, 0.5) is 5.82 Å². The van der Waals surface area contributed by atoms with Crippen molar-refractivity contribution < 1.29 is 9.53 Å². The van der Waals surface area contributed by atoms with E-state index in [0.717, 1.165) is 24.0 Å². The fraction of sp³-hybridized carbons (Fsp3) is 0.312. The first-order valence-corrected chi connectivity index (χ1v) is 9.07. The number of carbonyl (C=O) groups is 1. The number of fused-ring (bicyclic) bond motifs is 1. The van der Waals surface area contributed by atoms with Crippen molar-refractivity contribution in [1.82, 2.24) is 9.97 Å². The number of nitrogens with zero attached hydrogens (tertiary/aromatic N) is 2. The Morgan fingerprint density at radius 2 is 2.25 bits per heavy atom. The molecule has 1 heterocycles. The van der Waals surface area contributed by atoms with Gasteiger partial charge in [0, 0.05) is 0 Å². The Kier molecular flexibility index (Phi) is 5.48. The second kappa shape index (κ2) is 7.59. The number of methoxy groups -OCH3 is 1. The Labute approximate surface area is 154 Å². The summed E-state index contributed by atoms with van der Waals surface area (Å²) in [5.41, 5.74) is 2.23. The maximum Gasteiger partial charge on any atom is 0.316 e. The number of thioether (sulfide) groups is 1. The fourth-order valence-electron chi connectivity index (χ4n) is 2.64. The molecule has 24 heavy (non-hydrogen) atoms. The number of aromatic nitrogens is 2. The van der Waals surface area contributed by atoms with Gasteiger partial charge in [-0.1, -0.05) is 41.0 Å². The number of benzene rings is 1. The van der Waals surface area contributed by atoms with E-state index in [9.17, 15) is 4.79 Å². The summed E-state index contributed by atoms with van der Waals surface area (Å²) < 4.78 is 4.62. The molecule has 0 amide bonds. The first-order valence-electron chi connectivity index (χ1n) is 7.33. The highest BCUT2D eigenvalue weighted by Gasteiger charge is 2.25. The minimum Gasteiger partial charge on any atom is -0.468 e. The van der Waals surface area contributed by atoms with Gasteiger partial charge in [0.25, 0.3) is 0 Å². The van der Waals surface area contributed by atoms with Crippen molar-refractivity contribution >= 4 is 46.8 Å². The Balaban J connectivity index is 1.72. The Morgan fingerprint density at radius 1 is 1.42 bits per heavy atom. The number of rotatable bonds is 5. The third kappa shape index (κ3) is 3.77. The summed E-state index contributed by atoms with van der Waals surface area (Å²) in [5, 5.41) is 5.26. The van der Waals surface area contributed by atoms with E-state index in [1.807, 2.05) is 12.1 Å². The predicted octanol–water partition coefficient (Wildman–Crippen LogP) is 4.15. The van der Waals surface area contributed by atoms with Crippen LogP contribution in [0, 0.1) is 0 Å². The molecule has 1 aromatic heterocycles. The lowest BCUT2D eigenvalue weighted by Crippen LogP contribution is -2.09. The second-order valence-corrected chi connectivity index (χ2v) is 7.05. The fourth-order valence-corrected chi connectivity index (χ4v) is 3.77. The summed E-state index contributed by atoms with van der Waals surface area (Å²) in [4.78, 5) is 19.9. The van der Waals surface area contributed by atoms with Gasteiger partial charge in [-0.3, -0.25) is 9.78 Å². The standard InChI is InChI=1S/C16H15Cl2N3O2S/c1-23-15(22)8-24-14-7-19-6-13(21-14)20-12-5-3-10-9(12)2-4-11(17)16(10)18/h2,4,6-7,12H,3,5,8H2,1H3,(H,20,21). The van der Waals surface area contributed by atoms with Crippen LogP contribution in [0.15, 0.2) is 29.6 Å². The molecule has 3 rings (SSSR count). The minimum atomic E-state index is -0.295. The van der Waals surface area contributed by atoms with Gasteiger partial charge >= 0.3 is 5.97 Å². The van der Waals surface area contributed by atoms with Gasteiger partial charge in [0.05, 0.1) is 41.3 Å². The molecule has 0 bridgehead atoms. The summed E-state index contributed by atoms with van der Waals surface area (Å²) in [6.45, 7) is 0. The van der Waals surface area contributed by atoms with E-state index < -0.39 is 0 Å². The number of hydrogen-bond donors (Lipinski definition) is 1. The van der Waals surface area contributed by atoms with Crippen LogP contribution < -0.4 is 5.32 Å². The first-order chi connectivity index (χ1) is 11.6. The summed E-state index contributed by atoms with van der Waals surface area (Å²) in [5.74, 6) is 0.569. The third-order valence-electron chi connectivity index (χ3n) is 3.79. The molecule has 126 valence electrons. The van der Waals surface area contributed by atoms with Crippen LogP contribution >= 0.6 is 35.0 Å². The van der Waals surface area contributed by atoms with Gasteiger partial charge in [0.1, 0.15) is 10.8 Å². The quantitative estimate of drug-likeness (QED) is 0.617. The zero-order chi connectivity index (χ0) is 17.1. The summed E-state index contributed by atoms with van der Waals surface area (Å²) in [6.07, 6.45) is 5.07. The maximum absolute atomic E-state index is 11.2. The van der Waals surface area contributed by atoms with E-state index >= 15 is 0 Å². The highest BCUT2D eigenvalue weighted by molar-refractivity contribution is 7.99. The molecule has 5 nitrogen and oxygen atoms in total. The number of carbonyl (C=O) groups excluding carboxylic acids is 1. The summed E-state index contributed by atoms with van der Waals surface area (Å²) in [7, 11) is 1.36. The zero-order valence-corrected chi connectivity index (χ0v) is 15.2. The second-order valence-electron chi connectivity index (χ2n) is 5.27. The average Bonchev–Trinajstić information content (AvgIpc) is 3.00. The van der Waals surface area contributed by atoms with Gasteiger partial charge in [0.2, 0.25) is 0 Å². The van der Waals surface area contributed by atoms with E-state index in [-0.39, 0.29) is 17.8 Å². The molecule has 0 fully saturated rings. The van der Waals surface area contributed by atoms with Crippen molar-refractivity contribution in [3.05, 3.63) is 45.7 Å². The molecular weight excluding hydrogens is 369 g/mol. The van der Waals surface area contributed by atoms with Gasteiger partial charge in [0.15, 0.2) is 0 Å². The van der Waals surface area contributed by atoms with Gasteiger partial charge in [-0.15, -0.1) is 0 Å². The van der Waals surface area contributed by atoms with Crippen LogP contribution in [0.5, 0.6) is 0 Å². The monoisotopic (exact) mass is 383 g/mol. The van der Waals surface area contributed by atoms with Crippen molar-refractivity contribution in [2.24, 2.45) is 0 Å². The van der Waals surface area contributed by atoms with Crippen molar-refractivity contribution in [2.75, 3.05) is 18.2 Å². The van der Waals surface area contributed by atoms with Crippen LogP contribution in [0.1, 0.15) is 23.6 Å². The predicted molar refractivity (Wildman–Crippen MR) is 95.9 cm³/mol. The van der Waals surface area contributed by atoms with Crippen LogP contribution in [-0.2, 0) is 16.0 Å². The topological polar surface area (TPSA) is 64.1 Å². The highest BCUT2D eigenvalue weighted by Crippen LogP contribution is 2.40. The number of hydrogen-bond acceptors (Lipinski definition) is 6. The van der Waals surface area contributed by atoms with E-state index in [0.29, 0.717) is 20.9 Å². The van der Waals surface area contributed by atoms with E-state index in [4.69, 9.17) is 23.2 Å². The van der Waals surface area contributed by atoms with Crippen LogP contribution in [-0.4, -0.2) is 28.8 Å². The Morgan fingerprint density at radius 3 is 3.04 bits per heavy atom. The van der Waals surface area contributed by atoms with Gasteiger partial charge in [-0.05, 0) is 30.0 Å².